The predicted molar refractivity (Wildman–Crippen MR) is 82.7 cm³/mol. The van der Waals surface area contributed by atoms with Gasteiger partial charge in [0.25, 0.3) is 0 Å². The molecule has 1 fully saturated rings. The Morgan fingerprint density at radius 1 is 1.30 bits per heavy atom. The third-order valence-electron chi connectivity index (χ3n) is 4.06. The normalized spacial score (nSPS) is 24.8. The Labute approximate surface area is 130 Å². The van der Waals surface area contributed by atoms with Crippen molar-refractivity contribution in [3.05, 3.63) is 28.8 Å². The molecule has 0 bridgehead atoms. The maximum Gasteiger partial charge on any atom is 0.244 e. The van der Waals surface area contributed by atoms with E-state index in [-0.39, 0.29) is 15.8 Å². The molecule has 2 rings (SSSR count). The minimum atomic E-state index is -3.54. The SMILES string of the molecule is CC1CCN(S(=O)(=O)c2cc(CCl)ccc2Cl)CC1C. The van der Waals surface area contributed by atoms with E-state index < -0.39 is 10.0 Å². The van der Waals surface area contributed by atoms with Crippen molar-refractivity contribution in [2.45, 2.75) is 31.0 Å². The van der Waals surface area contributed by atoms with Gasteiger partial charge in [0.05, 0.1) is 5.02 Å². The van der Waals surface area contributed by atoms with E-state index in [9.17, 15) is 8.42 Å². The number of halogens is 2. The molecule has 6 heteroatoms. The first-order valence-corrected chi connectivity index (χ1v) is 9.06. The lowest BCUT2D eigenvalue weighted by molar-refractivity contribution is 0.212. The highest BCUT2D eigenvalue weighted by Crippen LogP contribution is 2.31. The molecule has 20 heavy (non-hydrogen) atoms. The number of sulfonamides is 1. The first-order chi connectivity index (χ1) is 9.36. The van der Waals surface area contributed by atoms with Gasteiger partial charge in [0.1, 0.15) is 4.90 Å². The third kappa shape index (κ3) is 3.14. The molecule has 1 aliphatic heterocycles. The zero-order valence-electron chi connectivity index (χ0n) is 11.6. The Kier molecular flexibility index (Phi) is 5.00. The van der Waals surface area contributed by atoms with Crippen LogP contribution in [0.2, 0.25) is 5.02 Å². The van der Waals surface area contributed by atoms with E-state index >= 15 is 0 Å². The molecule has 1 heterocycles. The lowest BCUT2D eigenvalue weighted by Gasteiger charge is -2.34. The highest BCUT2D eigenvalue weighted by molar-refractivity contribution is 7.89. The van der Waals surface area contributed by atoms with Crippen LogP contribution in [0.25, 0.3) is 0 Å². The quantitative estimate of drug-likeness (QED) is 0.789. The predicted octanol–water partition coefficient (Wildman–Crippen LogP) is 3.75. The van der Waals surface area contributed by atoms with Gasteiger partial charge in [-0.2, -0.15) is 4.31 Å². The summed E-state index contributed by atoms with van der Waals surface area (Å²) < 4.78 is 27.0. The fourth-order valence-corrected chi connectivity index (χ4v) is 4.66. The summed E-state index contributed by atoms with van der Waals surface area (Å²) >= 11 is 11.9. The molecule has 2 atom stereocenters. The molecule has 112 valence electrons. The Balaban J connectivity index is 2.35. The Morgan fingerprint density at radius 2 is 2.00 bits per heavy atom. The molecule has 0 spiro atoms. The highest BCUT2D eigenvalue weighted by Gasteiger charge is 2.32. The van der Waals surface area contributed by atoms with Crippen molar-refractivity contribution in [1.82, 2.24) is 4.31 Å². The molecule has 3 nitrogen and oxygen atoms in total. The molecule has 1 aliphatic rings. The van der Waals surface area contributed by atoms with Gasteiger partial charge < -0.3 is 0 Å². The summed E-state index contributed by atoms with van der Waals surface area (Å²) in [6.07, 6.45) is 0.882. The smallest absolute Gasteiger partial charge is 0.207 e. The molecular formula is C14H19Cl2NO2S. The zero-order chi connectivity index (χ0) is 14.9. The van der Waals surface area contributed by atoms with Crippen molar-refractivity contribution in [1.29, 1.82) is 0 Å². The molecule has 1 aromatic rings. The van der Waals surface area contributed by atoms with Crippen molar-refractivity contribution >= 4 is 33.2 Å². The molecule has 0 aliphatic carbocycles. The zero-order valence-corrected chi connectivity index (χ0v) is 14.0. The number of alkyl halides is 1. The van der Waals surface area contributed by atoms with Crippen LogP contribution in [0.4, 0.5) is 0 Å². The van der Waals surface area contributed by atoms with Gasteiger partial charge in [0, 0.05) is 19.0 Å². The van der Waals surface area contributed by atoms with Crippen LogP contribution in [0, 0.1) is 11.8 Å². The van der Waals surface area contributed by atoms with E-state index in [0.29, 0.717) is 24.9 Å². The first kappa shape index (κ1) is 16.1. The lowest BCUT2D eigenvalue weighted by atomic mass is 9.90. The van der Waals surface area contributed by atoms with Gasteiger partial charge in [-0.25, -0.2) is 8.42 Å². The van der Waals surface area contributed by atoms with Gasteiger partial charge in [-0.05, 0) is 36.0 Å². The standard InChI is InChI=1S/C14H19Cl2NO2S/c1-10-5-6-17(9-11(10)2)20(18,19)14-7-12(8-15)3-4-13(14)16/h3-4,7,10-11H,5-6,8-9H2,1-2H3. The Bertz CT molecular complexity index is 589. The van der Waals surface area contributed by atoms with Crippen molar-refractivity contribution in [2.75, 3.05) is 13.1 Å². The summed E-state index contributed by atoms with van der Waals surface area (Å²) in [5.74, 6) is 1.17. The molecule has 0 saturated carbocycles. The fourth-order valence-electron chi connectivity index (χ4n) is 2.41. The third-order valence-corrected chi connectivity index (χ3v) is 6.72. The van der Waals surface area contributed by atoms with Crippen LogP contribution in [0.15, 0.2) is 23.1 Å². The van der Waals surface area contributed by atoms with Crippen molar-refractivity contribution < 1.29 is 8.42 Å². The van der Waals surface area contributed by atoms with E-state index in [1.807, 2.05) is 0 Å². The minimum absolute atomic E-state index is 0.166. The summed E-state index contributed by atoms with van der Waals surface area (Å²) in [7, 11) is -3.54. The van der Waals surface area contributed by atoms with E-state index in [1.54, 1.807) is 18.2 Å². The van der Waals surface area contributed by atoms with Crippen molar-refractivity contribution in [2.24, 2.45) is 11.8 Å². The number of hydrogen-bond acceptors (Lipinski definition) is 2. The van der Waals surface area contributed by atoms with Gasteiger partial charge in [0.2, 0.25) is 10.0 Å². The second-order valence-corrected chi connectivity index (χ2v) is 8.09. The molecule has 2 unspecified atom stereocenters. The van der Waals surface area contributed by atoms with Crippen LogP contribution in [0.5, 0.6) is 0 Å². The van der Waals surface area contributed by atoms with Crippen LogP contribution >= 0.6 is 23.2 Å². The second kappa shape index (κ2) is 6.22. The summed E-state index contributed by atoms with van der Waals surface area (Å²) in [6, 6.07) is 4.92. The number of hydrogen-bond donors (Lipinski definition) is 0. The molecule has 0 aromatic heterocycles. The van der Waals surface area contributed by atoms with E-state index in [4.69, 9.17) is 23.2 Å². The van der Waals surface area contributed by atoms with Crippen LogP contribution in [-0.2, 0) is 15.9 Å². The molecule has 0 N–H and O–H groups in total. The molecule has 1 saturated heterocycles. The summed E-state index contributed by atoms with van der Waals surface area (Å²) in [5, 5.41) is 0.255. The average Bonchev–Trinajstić information content (AvgIpc) is 2.42. The van der Waals surface area contributed by atoms with Crippen LogP contribution in [-0.4, -0.2) is 25.8 Å². The summed E-state index contributed by atoms with van der Waals surface area (Å²) in [5.41, 5.74) is 0.757. The van der Waals surface area contributed by atoms with Crippen LogP contribution < -0.4 is 0 Å². The number of piperidine rings is 1. The maximum absolute atomic E-state index is 12.7. The van der Waals surface area contributed by atoms with Crippen LogP contribution in [0.3, 0.4) is 0 Å². The minimum Gasteiger partial charge on any atom is -0.207 e. The topological polar surface area (TPSA) is 37.4 Å². The highest BCUT2D eigenvalue weighted by atomic mass is 35.5. The van der Waals surface area contributed by atoms with Gasteiger partial charge >= 0.3 is 0 Å². The summed E-state index contributed by atoms with van der Waals surface area (Å²) in [4.78, 5) is 0.166. The monoisotopic (exact) mass is 335 g/mol. The van der Waals surface area contributed by atoms with Gasteiger partial charge in [-0.3, -0.25) is 0 Å². The van der Waals surface area contributed by atoms with Gasteiger partial charge in [-0.1, -0.05) is 31.5 Å². The molecule has 0 radical (unpaired) electrons. The Hall–Kier alpha value is -0.290. The summed E-state index contributed by atoms with van der Waals surface area (Å²) in [6.45, 7) is 5.35. The lowest BCUT2D eigenvalue weighted by Crippen LogP contribution is -2.42. The number of nitrogens with zero attached hydrogens (tertiary/aromatic N) is 1. The van der Waals surface area contributed by atoms with Gasteiger partial charge in [-0.15, -0.1) is 11.6 Å². The first-order valence-electron chi connectivity index (χ1n) is 6.70. The van der Waals surface area contributed by atoms with E-state index in [0.717, 1.165) is 12.0 Å². The van der Waals surface area contributed by atoms with Gasteiger partial charge in [0.15, 0.2) is 0 Å². The van der Waals surface area contributed by atoms with Crippen LogP contribution in [0.1, 0.15) is 25.8 Å². The molecule has 1 aromatic carbocycles. The molecule has 0 amide bonds. The Morgan fingerprint density at radius 3 is 2.60 bits per heavy atom. The fraction of sp³-hybridized carbons (Fsp3) is 0.571. The number of benzene rings is 1. The number of rotatable bonds is 3. The van der Waals surface area contributed by atoms with Crippen molar-refractivity contribution in [3.63, 3.8) is 0 Å². The van der Waals surface area contributed by atoms with E-state index in [2.05, 4.69) is 13.8 Å². The largest absolute Gasteiger partial charge is 0.244 e. The maximum atomic E-state index is 12.7. The average molecular weight is 336 g/mol. The van der Waals surface area contributed by atoms with E-state index in [1.165, 1.54) is 4.31 Å². The van der Waals surface area contributed by atoms with Crippen molar-refractivity contribution in [3.8, 4) is 0 Å². The molecular weight excluding hydrogens is 317 g/mol. The second-order valence-electron chi connectivity index (χ2n) is 5.50.